The van der Waals surface area contributed by atoms with Crippen LogP contribution in [0.25, 0.3) is 0 Å². The molecule has 1 atom stereocenters. The van der Waals surface area contributed by atoms with E-state index in [1.807, 2.05) is 31.2 Å². The zero-order valence-electron chi connectivity index (χ0n) is 21.1. The lowest BCUT2D eigenvalue weighted by atomic mass is 9.95. The monoisotopic (exact) mass is 587 g/mol. The number of nitrogens with zero attached hydrogens (tertiary/aromatic N) is 2. The number of halogens is 3. The van der Waals surface area contributed by atoms with Gasteiger partial charge in [0.1, 0.15) is 12.6 Å². The number of hydrogen-bond donors (Lipinski definition) is 1. The molecule has 11 heteroatoms. The second-order valence-corrected chi connectivity index (χ2v) is 12.6. The lowest BCUT2D eigenvalue weighted by Crippen LogP contribution is -2.53. The minimum absolute atomic E-state index is 0.0287. The Hall–Kier alpha value is -2.00. The van der Waals surface area contributed by atoms with E-state index in [0.717, 1.165) is 53.8 Å². The maximum atomic E-state index is 13.7. The molecule has 0 spiro atoms. The van der Waals surface area contributed by atoms with Gasteiger partial charge in [-0.25, -0.2) is 8.42 Å². The molecule has 0 aromatic heterocycles. The fraction of sp³-hybridized carbons (Fsp3) is 0.462. The third-order valence-electron chi connectivity index (χ3n) is 6.49. The Labute approximate surface area is 234 Å². The van der Waals surface area contributed by atoms with Crippen molar-refractivity contribution >= 4 is 62.3 Å². The molecule has 7 nitrogen and oxygen atoms in total. The third-order valence-corrected chi connectivity index (χ3v) is 8.64. The molecule has 0 bridgehead atoms. The van der Waals surface area contributed by atoms with Crippen molar-refractivity contribution < 1.29 is 18.0 Å². The minimum atomic E-state index is -3.95. The number of sulfonamides is 1. The highest BCUT2D eigenvalue weighted by Crippen LogP contribution is 2.35. The van der Waals surface area contributed by atoms with Crippen LogP contribution in [0.15, 0.2) is 36.4 Å². The van der Waals surface area contributed by atoms with E-state index in [-0.39, 0.29) is 39.2 Å². The molecule has 0 radical (unpaired) electrons. The standard InChI is InChI=1S/C26H32Cl3N3O4S/c1-17-8-7-9-19(12-17)15-31(18(2)26(34)30-20-10-5-4-6-11-20)25(33)16-32(37(3,35)36)24-14-22(28)21(27)13-23(24)29/h7-9,12-14,18,20H,4-6,10-11,15-16H2,1-3H3,(H,30,34)/t18-/m0/s1. The summed E-state index contributed by atoms with van der Waals surface area (Å²) in [7, 11) is -3.95. The fourth-order valence-corrected chi connectivity index (χ4v) is 6.00. The number of amides is 2. The summed E-state index contributed by atoms with van der Waals surface area (Å²) in [4.78, 5) is 28.3. The first-order chi connectivity index (χ1) is 17.4. The molecule has 2 aromatic carbocycles. The lowest BCUT2D eigenvalue weighted by molar-refractivity contribution is -0.139. The predicted molar refractivity (Wildman–Crippen MR) is 150 cm³/mol. The van der Waals surface area contributed by atoms with Gasteiger partial charge in [-0.3, -0.25) is 13.9 Å². The summed E-state index contributed by atoms with van der Waals surface area (Å²) >= 11 is 18.4. The number of carbonyl (C=O) groups excluding carboxylic acids is 2. The number of rotatable bonds is 9. The highest BCUT2D eigenvalue weighted by Gasteiger charge is 2.32. The Morgan fingerprint density at radius 3 is 2.30 bits per heavy atom. The van der Waals surface area contributed by atoms with Gasteiger partial charge in [-0.2, -0.15) is 0 Å². The molecule has 2 amide bonds. The quantitative estimate of drug-likeness (QED) is 0.387. The SMILES string of the molecule is Cc1cccc(CN(C(=O)CN(c2cc(Cl)c(Cl)cc2Cl)S(C)(=O)=O)[C@@H](C)C(=O)NC2CCCCC2)c1. The summed E-state index contributed by atoms with van der Waals surface area (Å²) in [5.74, 6) is -0.827. The van der Waals surface area contributed by atoms with E-state index in [1.165, 1.54) is 17.0 Å². The topological polar surface area (TPSA) is 86.8 Å². The number of nitrogens with one attached hydrogen (secondary N) is 1. The van der Waals surface area contributed by atoms with E-state index in [9.17, 15) is 18.0 Å². The van der Waals surface area contributed by atoms with Crippen molar-refractivity contribution in [2.75, 3.05) is 17.1 Å². The molecule has 37 heavy (non-hydrogen) atoms. The first kappa shape index (κ1) is 29.6. The van der Waals surface area contributed by atoms with Crippen LogP contribution < -0.4 is 9.62 Å². The summed E-state index contributed by atoms with van der Waals surface area (Å²) in [6.45, 7) is 3.16. The van der Waals surface area contributed by atoms with Gasteiger partial charge in [0.25, 0.3) is 0 Å². The van der Waals surface area contributed by atoms with E-state index >= 15 is 0 Å². The van der Waals surface area contributed by atoms with Crippen LogP contribution in [0, 0.1) is 6.92 Å². The van der Waals surface area contributed by atoms with Crippen molar-refractivity contribution in [3.63, 3.8) is 0 Å². The summed E-state index contributed by atoms with van der Waals surface area (Å²) in [5.41, 5.74) is 1.86. The van der Waals surface area contributed by atoms with Crippen LogP contribution in [-0.2, 0) is 26.2 Å². The zero-order valence-corrected chi connectivity index (χ0v) is 24.2. The van der Waals surface area contributed by atoms with Gasteiger partial charge in [-0.1, -0.05) is 83.9 Å². The van der Waals surface area contributed by atoms with E-state index in [0.29, 0.717) is 0 Å². The molecule has 0 saturated heterocycles. The third kappa shape index (κ3) is 7.99. The number of carbonyl (C=O) groups is 2. The second kappa shape index (κ2) is 12.7. The first-order valence-corrected chi connectivity index (χ1v) is 15.1. The molecule has 1 saturated carbocycles. The van der Waals surface area contributed by atoms with Crippen LogP contribution in [0.2, 0.25) is 15.1 Å². The van der Waals surface area contributed by atoms with Gasteiger partial charge in [0.15, 0.2) is 0 Å². The van der Waals surface area contributed by atoms with Crippen molar-refractivity contribution in [1.82, 2.24) is 10.2 Å². The second-order valence-electron chi connectivity index (χ2n) is 9.52. The number of benzene rings is 2. The number of anilines is 1. The molecule has 0 unspecified atom stereocenters. The molecule has 1 aliphatic rings. The smallest absolute Gasteiger partial charge is 0.244 e. The Morgan fingerprint density at radius 2 is 1.68 bits per heavy atom. The highest BCUT2D eigenvalue weighted by atomic mass is 35.5. The average molecular weight is 589 g/mol. The predicted octanol–water partition coefficient (Wildman–Crippen LogP) is 5.59. The zero-order chi connectivity index (χ0) is 27.3. The average Bonchev–Trinajstić information content (AvgIpc) is 2.83. The van der Waals surface area contributed by atoms with Gasteiger partial charge in [0.2, 0.25) is 21.8 Å². The minimum Gasteiger partial charge on any atom is -0.352 e. The van der Waals surface area contributed by atoms with Gasteiger partial charge in [0, 0.05) is 12.6 Å². The van der Waals surface area contributed by atoms with Crippen molar-refractivity contribution in [2.24, 2.45) is 0 Å². The Morgan fingerprint density at radius 1 is 1.03 bits per heavy atom. The van der Waals surface area contributed by atoms with Crippen molar-refractivity contribution in [3.05, 3.63) is 62.6 Å². The van der Waals surface area contributed by atoms with Crippen LogP contribution >= 0.6 is 34.8 Å². The Balaban J connectivity index is 1.92. The van der Waals surface area contributed by atoms with Crippen molar-refractivity contribution in [2.45, 2.75) is 64.6 Å². The van der Waals surface area contributed by atoms with E-state index < -0.39 is 28.5 Å². The Bertz CT molecular complexity index is 1250. The fourth-order valence-electron chi connectivity index (χ4n) is 4.46. The van der Waals surface area contributed by atoms with Crippen molar-refractivity contribution in [1.29, 1.82) is 0 Å². The summed E-state index contributed by atoms with van der Waals surface area (Å²) in [5, 5.41) is 3.35. The largest absolute Gasteiger partial charge is 0.352 e. The van der Waals surface area contributed by atoms with Gasteiger partial charge in [-0.15, -0.1) is 0 Å². The van der Waals surface area contributed by atoms with Crippen LogP contribution in [-0.4, -0.2) is 50.0 Å². The lowest BCUT2D eigenvalue weighted by Gasteiger charge is -2.33. The van der Waals surface area contributed by atoms with Crippen LogP contribution in [0.5, 0.6) is 0 Å². The number of hydrogen-bond acceptors (Lipinski definition) is 4. The normalized spacial score (nSPS) is 15.2. The molecule has 1 fully saturated rings. The molecule has 1 N–H and O–H groups in total. The highest BCUT2D eigenvalue weighted by molar-refractivity contribution is 7.92. The molecule has 3 rings (SSSR count). The molecule has 1 aliphatic carbocycles. The van der Waals surface area contributed by atoms with E-state index in [2.05, 4.69) is 5.32 Å². The van der Waals surface area contributed by atoms with Crippen LogP contribution in [0.3, 0.4) is 0 Å². The maximum absolute atomic E-state index is 13.7. The number of aryl methyl sites for hydroxylation is 1. The first-order valence-electron chi connectivity index (χ1n) is 12.1. The molecule has 0 aliphatic heterocycles. The molecular weight excluding hydrogens is 557 g/mol. The summed E-state index contributed by atoms with van der Waals surface area (Å²) in [6.07, 6.45) is 6.05. The van der Waals surface area contributed by atoms with E-state index in [1.54, 1.807) is 6.92 Å². The molecule has 2 aromatic rings. The Kier molecular flexibility index (Phi) is 10.1. The van der Waals surface area contributed by atoms with Gasteiger partial charge < -0.3 is 10.2 Å². The maximum Gasteiger partial charge on any atom is 0.244 e. The molecule has 0 heterocycles. The molecular formula is C26H32Cl3N3O4S. The summed E-state index contributed by atoms with van der Waals surface area (Å²) in [6, 6.07) is 9.48. The van der Waals surface area contributed by atoms with Crippen molar-refractivity contribution in [3.8, 4) is 0 Å². The molecule has 202 valence electrons. The van der Waals surface area contributed by atoms with Crippen LogP contribution in [0.4, 0.5) is 5.69 Å². The summed E-state index contributed by atoms with van der Waals surface area (Å²) < 4.78 is 26.4. The van der Waals surface area contributed by atoms with Crippen LogP contribution in [0.1, 0.15) is 50.2 Å². The van der Waals surface area contributed by atoms with Gasteiger partial charge in [0.05, 0.1) is 27.0 Å². The van der Waals surface area contributed by atoms with Gasteiger partial charge in [-0.05, 0) is 44.4 Å². The van der Waals surface area contributed by atoms with E-state index in [4.69, 9.17) is 34.8 Å². The van der Waals surface area contributed by atoms with Gasteiger partial charge >= 0.3 is 0 Å².